The van der Waals surface area contributed by atoms with E-state index in [1.54, 1.807) is 0 Å². The smallest absolute Gasteiger partial charge is 0.0431 e. The van der Waals surface area contributed by atoms with Crippen molar-refractivity contribution >= 4 is 0 Å². The molecule has 0 aromatic heterocycles. The van der Waals surface area contributed by atoms with Gasteiger partial charge in [0.25, 0.3) is 0 Å². The van der Waals surface area contributed by atoms with E-state index in [1.165, 1.54) is 25.7 Å². The van der Waals surface area contributed by atoms with Gasteiger partial charge in [-0.2, -0.15) is 0 Å². The molecule has 4 unspecified atom stereocenters. The lowest BCUT2D eigenvalue weighted by molar-refractivity contribution is -0.132. The van der Waals surface area contributed by atoms with Gasteiger partial charge in [-0.05, 0) is 104 Å². The summed E-state index contributed by atoms with van der Waals surface area (Å²) in [6.07, 6.45) is 10.5. The van der Waals surface area contributed by atoms with Gasteiger partial charge in [0, 0.05) is 24.7 Å². The van der Waals surface area contributed by atoms with Crippen molar-refractivity contribution in [1.82, 2.24) is 0 Å². The first-order valence-electron chi connectivity index (χ1n) is 12.1. The summed E-state index contributed by atoms with van der Waals surface area (Å²) in [6, 6.07) is 0.963. The topological polar surface area (TPSA) is 98.3 Å². The molecule has 0 radical (unpaired) electrons. The first-order valence-corrected chi connectivity index (χ1v) is 12.1. The van der Waals surface area contributed by atoms with Gasteiger partial charge in [-0.1, -0.05) is 20.8 Å². The van der Waals surface area contributed by atoms with Crippen LogP contribution in [0.25, 0.3) is 0 Å². The summed E-state index contributed by atoms with van der Waals surface area (Å²) in [4.78, 5) is 0. The maximum absolute atomic E-state index is 9.30. The molecule has 4 heteroatoms. The highest BCUT2D eigenvalue weighted by molar-refractivity contribution is 5.16. The number of fused-ring (bicyclic) bond motifs is 5. The summed E-state index contributed by atoms with van der Waals surface area (Å²) in [6.45, 7) is 7.76. The van der Waals surface area contributed by atoms with Crippen LogP contribution in [0.15, 0.2) is 0 Å². The van der Waals surface area contributed by atoms with Crippen molar-refractivity contribution < 1.29 is 5.11 Å². The highest BCUT2D eigenvalue weighted by Crippen LogP contribution is 2.67. The third-order valence-electron chi connectivity index (χ3n) is 10.6. The van der Waals surface area contributed by atoms with E-state index in [4.69, 9.17) is 17.2 Å². The van der Waals surface area contributed by atoms with E-state index >= 15 is 0 Å². The molecule has 11 atom stereocenters. The molecule has 7 N–H and O–H groups in total. The molecule has 4 aliphatic carbocycles. The van der Waals surface area contributed by atoms with Crippen LogP contribution in [0.5, 0.6) is 0 Å². The van der Waals surface area contributed by atoms with Crippen molar-refractivity contribution in [3.05, 3.63) is 0 Å². The quantitative estimate of drug-likeness (QED) is 0.591. The van der Waals surface area contributed by atoms with Crippen LogP contribution in [0.3, 0.4) is 0 Å². The van der Waals surface area contributed by atoms with Crippen molar-refractivity contribution in [3.63, 3.8) is 0 Å². The fraction of sp³-hybridized carbons (Fsp3) is 1.00. The largest absolute Gasteiger partial charge is 0.396 e. The highest BCUT2D eigenvalue weighted by Gasteiger charge is 2.64. The molecule has 0 saturated heterocycles. The van der Waals surface area contributed by atoms with Crippen LogP contribution in [0.4, 0.5) is 0 Å². The van der Waals surface area contributed by atoms with Gasteiger partial charge in [0.15, 0.2) is 0 Å². The molecule has 0 heterocycles. The van der Waals surface area contributed by atoms with Gasteiger partial charge in [0.2, 0.25) is 0 Å². The molecule has 0 aromatic rings. The van der Waals surface area contributed by atoms with Gasteiger partial charge in [-0.15, -0.1) is 0 Å². The van der Waals surface area contributed by atoms with Crippen LogP contribution in [0.2, 0.25) is 0 Å². The van der Waals surface area contributed by atoms with E-state index in [9.17, 15) is 5.11 Å². The fourth-order valence-electron chi connectivity index (χ4n) is 8.99. The lowest BCUT2D eigenvalue weighted by Gasteiger charge is -2.64. The molecular weight excluding hydrogens is 346 g/mol. The van der Waals surface area contributed by atoms with Gasteiger partial charge in [-0.25, -0.2) is 0 Å². The summed E-state index contributed by atoms with van der Waals surface area (Å²) in [5.74, 6) is 3.98. The van der Waals surface area contributed by atoms with E-state index in [-0.39, 0.29) is 11.5 Å². The van der Waals surface area contributed by atoms with Crippen molar-refractivity contribution in [2.45, 2.75) is 96.7 Å². The molecular formula is C24H45N3O. The number of hydrogen-bond acceptors (Lipinski definition) is 4. The predicted octanol–water partition coefficient (Wildman–Crippen LogP) is 3.26. The number of hydrogen-bond donors (Lipinski definition) is 4. The van der Waals surface area contributed by atoms with E-state index in [1.807, 2.05) is 0 Å². The molecule has 4 saturated carbocycles. The minimum absolute atomic E-state index is 0.210. The Morgan fingerprint density at radius 2 is 1.75 bits per heavy atom. The van der Waals surface area contributed by atoms with Gasteiger partial charge in [0.1, 0.15) is 0 Å². The first-order chi connectivity index (χ1) is 13.2. The van der Waals surface area contributed by atoms with Crippen molar-refractivity contribution in [2.75, 3.05) is 6.61 Å². The Kier molecular flexibility index (Phi) is 5.66. The molecule has 4 fully saturated rings. The highest BCUT2D eigenvalue weighted by atomic mass is 16.2. The minimum atomic E-state index is 0.210. The maximum Gasteiger partial charge on any atom is 0.0431 e. The van der Waals surface area contributed by atoms with Crippen LogP contribution >= 0.6 is 0 Å². The van der Waals surface area contributed by atoms with Crippen molar-refractivity contribution in [2.24, 2.45) is 63.5 Å². The molecule has 0 bridgehead atoms. The second-order valence-electron chi connectivity index (χ2n) is 11.7. The lowest BCUT2D eigenvalue weighted by atomic mass is 9.42. The minimum Gasteiger partial charge on any atom is -0.396 e. The Balaban J connectivity index is 1.62. The van der Waals surface area contributed by atoms with E-state index in [2.05, 4.69) is 20.8 Å². The second kappa shape index (κ2) is 7.51. The molecule has 162 valence electrons. The standard InChI is InChI=1S/C24H45N3O/c1-14(5-4-10-28)17-6-7-18-22-19(13-21(27)24(17,18)3)23(2)9-8-16(25)11-15(23)12-20(22)26/h14-22,28H,4-13,25-27H2,1-3H3/t14?,15?,16-,17?,18+,19+,20-,21+,22?,23+,24-/m1/s1. The summed E-state index contributed by atoms with van der Waals surface area (Å²) in [7, 11) is 0. The van der Waals surface area contributed by atoms with Gasteiger partial charge >= 0.3 is 0 Å². The van der Waals surface area contributed by atoms with Gasteiger partial charge in [-0.3, -0.25) is 0 Å². The van der Waals surface area contributed by atoms with Crippen LogP contribution in [-0.4, -0.2) is 29.8 Å². The summed E-state index contributed by atoms with van der Waals surface area (Å²) < 4.78 is 0. The second-order valence-corrected chi connectivity index (χ2v) is 11.7. The van der Waals surface area contributed by atoms with Crippen LogP contribution in [0, 0.1) is 46.3 Å². The van der Waals surface area contributed by atoms with Gasteiger partial charge < -0.3 is 22.3 Å². The monoisotopic (exact) mass is 391 g/mol. The predicted molar refractivity (Wildman–Crippen MR) is 115 cm³/mol. The summed E-state index contributed by atoms with van der Waals surface area (Å²) in [5, 5.41) is 9.30. The zero-order valence-corrected chi connectivity index (χ0v) is 18.4. The average Bonchev–Trinajstić information content (AvgIpc) is 3.01. The number of rotatable bonds is 4. The molecule has 0 aromatic carbocycles. The zero-order valence-electron chi connectivity index (χ0n) is 18.4. The van der Waals surface area contributed by atoms with Crippen molar-refractivity contribution in [1.29, 1.82) is 0 Å². The molecule has 4 aliphatic rings. The van der Waals surface area contributed by atoms with Crippen LogP contribution in [-0.2, 0) is 0 Å². The lowest BCUT2D eigenvalue weighted by Crippen LogP contribution is -2.65. The number of aliphatic hydroxyl groups excluding tert-OH is 1. The molecule has 4 rings (SSSR count). The molecule has 0 amide bonds. The summed E-state index contributed by atoms with van der Waals surface area (Å²) >= 11 is 0. The average molecular weight is 392 g/mol. The Labute approximate surface area is 172 Å². The Bertz CT molecular complexity index is 570. The summed E-state index contributed by atoms with van der Waals surface area (Å²) in [5.41, 5.74) is 21.0. The molecule has 0 aliphatic heterocycles. The Morgan fingerprint density at radius 1 is 1.00 bits per heavy atom. The zero-order chi connectivity index (χ0) is 20.3. The number of aliphatic hydroxyl groups is 1. The normalized spacial score (nSPS) is 54.5. The number of nitrogens with two attached hydrogens (primary N) is 3. The SMILES string of the molecule is CC(CCCO)C1CC[C@H]2C3[C@H](N)CC4C[C@H](N)CC[C@]4(C)[C@H]3C[C@H](N)[C@]12C. The fourth-order valence-corrected chi connectivity index (χ4v) is 8.99. The van der Waals surface area contributed by atoms with Gasteiger partial charge in [0.05, 0.1) is 0 Å². The third-order valence-corrected chi connectivity index (χ3v) is 10.6. The Hall–Kier alpha value is -0.160. The third kappa shape index (κ3) is 3.01. The molecule has 0 spiro atoms. The van der Waals surface area contributed by atoms with E-state index in [0.717, 1.165) is 32.1 Å². The van der Waals surface area contributed by atoms with Crippen molar-refractivity contribution in [3.8, 4) is 0 Å². The molecule has 4 nitrogen and oxygen atoms in total. The maximum atomic E-state index is 9.30. The van der Waals surface area contributed by atoms with E-state index in [0.29, 0.717) is 59.6 Å². The van der Waals surface area contributed by atoms with Crippen LogP contribution in [0.1, 0.15) is 78.6 Å². The van der Waals surface area contributed by atoms with E-state index < -0.39 is 0 Å². The Morgan fingerprint density at radius 3 is 2.46 bits per heavy atom. The van der Waals surface area contributed by atoms with Crippen LogP contribution < -0.4 is 17.2 Å². The molecule has 28 heavy (non-hydrogen) atoms. The first kappa shape index (κ1) is 21.1.